The van der Waals surface area contributed by atoms with E-state index >= 15 is 0 Å². The second kappa shape index (κ2) is 9.77. The second-order valence-electron chi connectivity index (χ2n) is 8.52. The van der Waals surface area contributed by atoms with E-state index < -0.39 is 0 Å². The van der Waals surface area contributed by atoms with Gasteiger partial charge in [-0.25, -0.2) is 0 Å². The predicted octanol–water partition coefficient (Wildman–Crippen LogP) is 3.38. The van der Waals surface area contributed by atoms with Crippen molar-refractivity contribution in [3.63, 3.8) is 0 Å². The summed E-state index contributed by atoms with van der Waals surface area (Å²) in [5.74, 6) is 1.55. The minimum Gasteiger partial charge on any atom is -0.493 e. The molecule has 7 heteroatoms. The van der Waals surface area contributed by atoms with Crippen molar-refractivity contribution in [1.82, 2.24) is 20.1 Å². The molecule has 2 aromatic carbocycles. The number of nitrogens with one attached hydrogen (secondary N) is 1. The van der Waals surface area contributed by atoms with E-state index in [0.29, 0.717) is 31.4 Å². The molecule has 0 saturated carbocycles. The number of hydrogen-bond donors (Lipinski definition) is 1. The van der Waals surface area contributed by atoms with Crippen LogP contribution in [0.2, 0.25) is 0 Å². The minimum absolute atomic E-state index is 0.0276. The van der Waals surface area contributed by atoms with Gasteiger partial charge in [-0.3, -0.25) is 9.59 Å². The number of amides is 1. The highest BCUT2D eigenvalue weighted by Crippen LogP contribution is 2.21. The molecule has 0 saturated heterocycles. The first kappa shape index (κ1) is 21.7. The van der Waals surface area contributed by atoms with Gasteiger partial charge in [-0.15, -0.1) is 10.2 Å². The summed E-state index contributed by atoms with van der Waals surface area (Å²) in [5, 5.41) is 8.29. The molecule has 32 heavy (non-hydrogen) atoms. The van der Waals surface area contributed by atoms with Crippen LogP contribution < -0.4 is 10.3 Å². The summed E-state index contributed by atoms with van der Waals surface area (Å²) in [6.45, 7) is 6.10. The van der Waals surface area contributed by atoms with Crippen molar-refractivity contribution in [2.24, 2.45) is 5.92 Å². The number of fused-ring (bicyclic) bond motifs is 1. The Morgan fingerprint density at radius 1 is 1.12 bits per heavy atom. The summed E-state index contributed by atoms with van der Waals surface area (Å²) in [5.41, 5.74) is 3.17. The summed E-state index contributed by atoms with van der Waals surface area (Å²) < 4.78 is 5.75. The average Bonchev–Trinajstić information content (AvgIpc) is 2.81. The maximum atomic E-state index is 12.7. The molecule has 0 atom stereocenters. The number of benzene rings is 2. The smallest absolute Gasteiger partial charge is 0.273 e. The van der Waals surface area contributed by atoms with Crippen LogP contribution in [0.3, 0.4) is 0 Å². The number of carbonyl (C=O) groups excluding carboxylic acids is 1. The third-order valence-electron chi connectivity index (χ3n) is 5.51. The highest BCUT2D eigenvalue weighted by molar-refractivity contribution is 5.76. The molecule has 0 radical (unpaired) electrons. The number of aryl methyl sites for hydroxylation is 1. The van der Waals surface area contributed by atoms with Crippen LogP contribution in [0.15, 0.2) is 53.3 Å². The van der Waals surface area contributed by atoms with Crippen molar-refractivity contribution >= 4 is 5.91 Å². The first-order valence-electron chi connectivity index (χ1n) is 11.0. The number of aromatic amines is 1. The van der Waals surface area contributed by atoms with Crippen LogP contribution in [0.1, 0.15) is 37.1 Å². The van der Waals surface area contributed by atoms with E-state index in [2.05, 4.69) is 41.2 Å². The molecule has 3 aromatic rings. The van der Waals surface area contributed by atoms with Gasteiger partial charge in [-0.1, -0.05) is 50.2 Å². The monoisotopic (exact) mass is 432 g/mol. The topological polar surface area (TPSA) is 88.2 Å². The highest BCUT2D eigenvalue weighted by atomic mass is 16.5. The zero-order chi connectivity index (χ0) is 22.5. The maximum Gasteiger partial charge on any atom is 0.273 e. The van der Waals surface area contributed by atoms with Gasteiger partial charge in [0.05, 0.1) is 6.61 Å². The van der Waals surface area contributed by atoms with Crippen molar-refractivity contribution in [2.45, 2.75) is 39.7 Å². The van der Waals surface area contributed by atoms with Gasteiger partial charge in [0.25, 0.3) is 5.56 Å². The molecule has 2 heterocycles. The summed E-state index contributed by atoms with van der Waals surface area (Å²) in [6, 6.07) is 15.6. The molecular weight excluding hydrogens is 404 g/mol. The summed E-state index contributed by atoms with van der Waals surface area (Å²) >= 11 is 0. The Labute approximate surface area is 187 Å². The van der Waals surface area contributed by atoms with Crippen LogP contribution in [0, 0.1) is 5.92 Å². The number of nitrogens with zero attached hydrogens (tertiary/aromatic N) is 3. The van der Waals surface area contributed by atoms with Gasteiger partial charge in [-0.05, 0) is 35.6 Å². The first-order valence-corrected chi connectivity index (χ1v) is 11.0. The number of H-pyrrole nitrogens is 1. The Kier molecular flexibility index (Phi) is 6.63. The van der Waals surface area contributed by atoms with Gasteiger partial charge < -0.3 is 14.6 Å². The normalized spacial score (nSPS) is 13.2. The van der Waals surface area contributed by atoms with Gasteiger partial charge in [0.2, 0.25) is 5.91 Å². The molecule has 0 spiro atoms. The van der Waals surface area contributed by atoms with Crippen LogP contribution >= 0.6 is 0 Å². The van der Waals surface area contributed by atoms with Crippen LogP contribution in [-0.2, 0) is 24.2 Å². The lowest BCUT2D eigenvalue weighted by molar-refractivity contribution is -0.132. The van der Waals surface area contributed by atoms with Gasteiger partial charge >= 0.3 is 0 Å². The fourth-order valence-electron chi connectivity index (χ4n) is 3.74. The second-order valence-corrected chi connectivity index (χ2v) is 8.52. The van der Waals surface area contributed by atoms with Crippen LogP contribution in [0.4, 0.5) is 0 Å². The van der Waals surface area contributed by atoms with Gasteiger partial charge in [0.15, 0.2) is 5.82 Å². The summed E-state index contributed by atoms with van der Waals surface area (Å²) in [4.78, 5) is 29.9. The van der Waals surface area contributed by atoms with Gasteiger partial charge in [0, 0.05) is 31.5 Å². The molecule has 7 nitrogen and oxygen atoms in total. The van der Waals surface area contributed by atoms with Gasteiger partial charge in [0.1, 0.15) is 11.4 Å². The van der Waals surface area contributed by atoms with E-state index in [1.807, 2.05) is 41.3 Å². The Bertz CT molecular complexity index is 1160. The molecular formula is C25H28N4O3. The highest BCUT2D eigenvalue weighted by Gasteiger charge is 2.20. The fourth-order valence-corrected chi connectivity index (χ4v) is 3.74. The molecule has 166 valence electrons. The number of rotatable bonds is 7. The van der Waals surface area contributed by atoms with E-state index in [9.17, 15) is 9.59 Å². The van der Waals surface area contributed by atoms with Crippen molar-refractivity contribution < 1.29 is 9.53 Å². The zero-order valence-corrected chi connectivity index (χ0v) is 18.5. The molecule has 0 unspecified atom stereocenters. The molecule has 0 bridgehead atoms. The maximum absolute atomic E-state index is 12.7. The van der Waals surface area contributed by atoms with Crippen molar-refractivity contribution in [3.05, 3.63) is 75.7 Å². The lowest BCUT2D eigenvalue weighted by Crippen LogP contribution is -2.36. The third kappa shape index (κ3) is 5.22. The van der Waals surface area contributed by atoms with Gasteiger partial charge in [-0.2, -0.15) is 0 Å². The number of ether oxygens (including phenoxy) is 1. The number of carbonyl (C=O) groups is 1. The molecule has 1 aliphatic rings. The SMILES string of the molecule is CC(C)COc1cccc(-c2nnc(CCC(=O)N3CCc4ccccc4C3)c(=O)[nH]2)c1. The largest absolute Gasteiger partial charge is 0.493 e. The molecule has 0 fully saturated rings. The summed E-state index contributed by atoms with van der Waals surface area (Å²) in [7, 11) is 0. The third-order valence-corrected chi connectivity index (χ3v) is 5.51. The molecule has 1 N–H and O–H groups in total. The van der Waals surface area contributed by atoms with E-state index in [1.54, 1.807) is 0 Å². The van der Waals surface area contributed by atoms with Crippen molar-refractivity contribution in [1.29, 1.82) is 0 Å². The number of hydrogen-bond acceptors (Lipinski definition) is 5. The molecule has 1 aromatic heterocycles. The molecule has 4 rings (SSSR count). The quantitative estimate of drug-likeness (QED) is 0.618. The van der Waals surface area contributed by atoms with Crippen molar-refractivity contribution in [3.8, 4) is 17.1 Å². The zero-order valence-electron chi connectivity index (χ0n) is 18.5. The Hall–Kier alpha value is -3.48. The predicted molar refractivity (Wildman–Crippen MR) is 122 cm³/mol. The average molecular weight is 433 g/mol. The first-order chi connectivity index (χ1) is 15.5. The van der Waals surface area contributed by atoms with E-state index in [4.69, 9.17) is 4.74 Å². The minimum atomic E-state index is -0.319. The van der Waals surface area contributed by atoms with Crippen molar-refractivity contribution in [2.75, 3.05) is 13.2 Å². The standard InChI is InChI=1S/C25H28N4O3/c1-17(2)16-32-21-9-5-8-19(14-21)24-26-25(31)22(27-28-24)10-11-23(30)29-13-12-18-6-3-4-7-20(18)15-29/h3-9,14,17H,10-13,15-16H2,1-2H3,(H,26,28,31). The van der Waals surface area contributed by atoms with E-state index in [-0.39, 0.29) is 30.0 Å². The van der Waals surface area contributed by atoms with E-state index in [1.165, 1.54) is 11.1 Å². The lowest BCUT2D eigenvalue weighted by Gasteiger charge is -2.28. The fraction of sp³-hybridized carbons (Fsp3) is 0.360. The Balaban J connectivity index is 1.38. The Morgan fingerprint density at radius 2 is 1.94 bits per heavy atom. The lowest BCUT2D eigenvalue weighted by atomic mass is 9.99. The van der Waals surface area contributed by atoms with Crippen LogP contribution in [-0.4, -0.2) is 39.1 Å². The molecule has 1 aliphatic heterocycles. The Morgan fingerprint density at radius 3 is 2.72 bits per heavy atom. The summed E-state index contributed by atoms with van der Waals surface area (Å²) in [6.07, 6.45) is 1.35. The molecule has 1 amide bonds. The van der Waals surface area contributed by atoms with Crippen LogP contribution in [0.5, 0.6) is 5.75 Å². The van der Waals surface area contributed by atoms with Crippen LogP contribution in [0.25, 0.3) is 11.4 Å². The van der Waals surface area contributed by atoms with E-state index in [0.717, 1.165) is 17.7 Å². The number of aromatic nitrogens is 3. The molecule has 0 aliphatic carbocycles.